The molecule has 0 unspecified atom stereocenters. The molecule has 2 aromatic rings. The van der Waals surface area contributed by atoms with Gasteiger partial charge in [-0.3, -0.25) is 0 Å². The van der Waals surface area contributed by atoms with Gasteiger partial charge in [0.2, 0.25) is 0 Å². The lowest BCUT2D eigenvalue weighted by Gasteiger charge is -2.06. The Morgan fingerprint density at radius 3 is 2.88 bits per heavy atom. The highest BCUT2D eigenvalue weighted by molar-refractivity contribution is 5.62. The summed E-state index contributed by atoms with van der Waals surface area (Å²) in [5.41, 5.74) is 1.45. The standard InChI is InChI=1S/C13H11NO2/c1-2-15-13-8-10(5-6-11(13)9-14)12-4-3-7-16-12/h3-8H,2H2,1H3. The zero-order valence-electron chi connectivity index (χ0n) is 8.93. The Hall–Kier alpha value is -2.21. The fourth-order valence-electron chi connectivity index (χ4n) is 1.49. The zero-order valence-corrected chi connectivity index (χ0v) is 8.93. The van der Waals surface area contributed by atoms with E-state index in [0.717, 1.165) is 11.3 Å². The van der Waals surface area contributed by atoms with Gasteiger partial charge in [0.05, 0.1) is 18.4 Å². The van der Waals surface area contributed by atoms with Crippen LogP contribution in [0.4, 0.5) is 0 Å². The van der Waals surface area contributed by atoms with E-state index in [1.165, 1.54) is 0 Å². The van der Waals surface area contributed by atoms with Crippen molar-refractivity contribution in [3.05, 3.63) is 42.2 Å². The summed E-state index contributed by atoms with van der Waals surface area (Å²) in [4.78, 5) is 0. The highest BCUT2D eigenvalue weighted by atomic mass is 16.5. The van der Waals surface area contributed by atoms with E-state index < -0.39 is 0 Å². The summed E-state index contributed by atoms with van der Waals surface area (Å²) in [6, 6.07) is 11.2. The summed E-state index contributed by atoms with van der Waals surface area (Å²) in [6.45, 7) is 2.43. The molecule has 0 spiro atoms. The Morgan fingerprint density at radius 2 is 2.25 bits per heavy atom. The van der Waals surface area contributed by atoms with Crippen LogP contribution >= 0.6 is 0 Å². The maximum Gasteiger partial charge on any atom is 0.137 e. The minimum atomic E-state index is 0.538. The van der Waals surface area contributed by atoms with Crippen molar-refractivity contribution in [1.82, 2.24) is 0 Å². The van der Waals surface area contributed by atoms with Gasteiger partial charge in [0, 0.05) is 5.56 Å². The molecule has 0 saturated carbocycles. The molecule has 3 nitrogen and oxygen atoms in total. The van der Waals surface area contributed by atoms with Gasteiger partial charge in [-0.15, -0.1) is 0 Å². The summed E-state index contributed by atoms with van der Waals surface area (Å²) in [6.07, 6.45) is 1.62. The Bertz CT molecular complexity index is 509. The van der Waals surface area contributed by atoms with Crippen molar-refractivity contribution in [3.63, 3.8) is 0 Å². The molecule has 0 N–H and O–H groups in total. The highest BCUT2D eigenvalue weighted by Crippen LogP contribution is 2.27. The third kappa shape index (κ3) is 1.91. The molecule has 80 valence electrons. The summed E-state index contributed by atoms with van der Waals surface area (Å²) in [5, 5.41) is 8.91. The fourth-order valence-corrected chi connectivity index (χ4v) is 1.49. The predicted octanol–water partition coefficient (Wildman–Crippen LogP) is 3.22. The van der Waals surface area contributed by atoms with Crippen LogP contribution in [0.15, 0.2) is 41.0 Å². The molecule has 0 radical (unpaired) electrons. The van der Waals surface area contributed by atoms with E-state index in [-0.39, 0.29) is 0 Å². The maximum atomic E-state index is 8.91. The largest absolute Gasteiger partial charge is 0.492 e. The van der Waals surface area contributed by atoms with Gasteiger partial charge >= 0.3 is 0 Å². The van der Waals surface area contributed by atoms with Crippen LogP contribution in [-0.2, 0) is 0 Å². The molecular weight excluding hydrogens is 202 g/mol. The smallest absolute Gasteiger partial charge is 0.137 e. The monoisotopic (exact) mass is 213 g/mol. The molecular formula is C13H11NO2. The van der Waals surface area contributed by atoms with Crippen LogP contribution in [-0.4, -0.2) is 6.61 Å². The van der Waals surface area contributed by atoms with Crippen LogP contribution in [0.3, 0.4) is 0 Å². The molecule has 0 aliphatic rings. The number of hydrogen-bond donors (Lipinski definition) is 0. The number of nitriles is 1. The van der Waals surface area contributed by atoms with Gasteiger partial charge in [-0.05, 0) is 37.3 Å². The van der Waals surface area contributed by atoms with Gasteiger partial charge in [-0.2, -0.15) is 5.26 Å². The van der Waals surface area contributed by atoms with Crippen molar-refractivity contribution in [1.29, 1.82) is 5.26 Å². The van der Waals surface area contributed by atoms with Crippen molar-refractivity contribution < 1.29 is 9.15 Å². The Kier molecular flexibility index (Phi) is 2.93. The van der Waals surface area contributed by atoms with E-state index in [4.69, 9.17) is 14.4 Å². The molecule has 16 heavy (non-hydrogen) atoms. The van der Waals surface area contributed by atoms with E-state index in [9.17, 15) is 0 Å². The highest BCUT2D eigenvalue weighted by Gasteiger charge is 2.07. The average molecular weight is 213 g/mol. The zero-order chi connectivity index (χ0) is 11.4. The molecule has 0 bridgehead atoms. The van der Waals surface area contributed by atoms with E-state index in [0.29, 0.717) is 17.9 Å². The number of hydrogen-bond acceptors (Lipinski definition) is 3. The van der Waals surface area contributed by atoms with Crippen molar-refractivity contribution in [2.24, 2.45) is 0 Å². The molecule has 0 aliphatic carbocycles. The number of nitrogens with zero attached hydrogens (tertiary/aromatic N) is 1. The number of rotatable bonds is 3. The minimum Gasteiger partial charge on any atom is -0.492 e. The minimum absolute atomic E-state index is 0.538. The number of ether oxygens (including phenoxy) is 1. The van der Waals surface area contributed by atoms with E-state index in [1.54, 1.807) is 12.3 Å². The van der Waals surface area contributed by atoms with Crippen LogP contribution < -0.4 is 4.74 Å². The topological polar surface area (TPSA) is 46.2 Å². The summed E-state index contributed by atoms with van der Waals surface area (Å²) < 4.78 is 10.7. The normalized spacial score (nSPS) is 9.75. The average Bonchev–Trinajstić information content (AvgIpc) is 2.83. The molecule has 1 aromatic carbocycles. The van der Waals surface area contributed by atoms with E-state index in [1.807, 2.05) is 31.2 Å². The van der Waals surface area contributed by atoms with Crippen molar-refractivity contribution in [2.75, 3.05) is 6.61 Å². The van der Waals surface area contributed by atoms with Gasteiger partial charge in [-0.25, -0.2) is 0 Å². The fraction of sp³-hybridized carbons (Fsp3) is 0.154. The summed E-state index contributed by atoms with van der Waals surface area (Å²) in [7, 11) is 0. The van der Waals surface area contributed by atoms with E-state index in [2.05, 4.69) is 6.07 Å². The van der Waals surface area contributed by atoms with Gasteiger partial charge in [-0.1, -0.05) is 0 Å². The molecule has 1 heterocycles. The van der Waals surface area contributed by atoms with Crippen molar-refractivity contribution in [3.8, 4) is 23.1 Å². The first-order chi connectivity index (χ1) is 7.85. The molecule has 2 rings (SSSR count). The van der Waals surface area contributed by atoms with Gasteiger partial charge < -0.3 is 9.15 Å². The predicted molar refractivity (Wildman–Crippen MR) is 60.0 cm³/mol. The van der Waals surface area contributed by atoms with Crippen molar-refractivity contribution in [2.45, 2.75) is 6.92 Å². The van der Waals surface area contributed by atoms with Gasteiger partial charge in [0.1, 0.15) is 17.6 Å². The molecule has 0 aliphatic heterocycles. The third-order valence-corrected chi connectivity index (χ3v) is 2.21. The van der Waals surface area contributed by atoms with Crippen LogP contribution in [0.2, 0.25) is 0 Å². The molecule has 0 fully saturated rings. The van der Waals surface area contributed by atoms with Gasteiger partial charge in [0.15, 0.2) is 0 Å². The van der Waals surface area contributed by atoms with Crippen LogP contribution in [0, 0.1) is 11.3 Å². The molecule has 0 saturated heterocycles. The van der Waals surface area contributed by atoms with Crippen LogP contribution in [0.1, 0.15) is 12.5 Å². The second kappa shape index (κ2) is 4.54. The number of furan rings is 1. The summed E-state index contributed by atoms with van der Waals surface area (Å²) in [5.74, 6) is 1.37. The lowest BCUT2D eigenvalue weighted by atomic mass is 10.1. The number of benzene rings is 1. The molecule has 0 amide bonds. The summed E-state index contributed by atoms with van der Waals surface area (Å²) >= 11 is 0. The van der Waals surface area contributed by atoms with Crippen LogP contribution in [0.5, 0.6) is 5.75 Å². The Morgan fingerprint density at radius 1 is 1.38 bits per heavy atom. The quantitative estimate of drug-likeness (QED) is 0.786. The lowest BCUT2D eigenvalue weighted by Crippen LogP contribution is -1.94. The molecule has 1 aromatic heterocycles. The Balaban J connectivity index is 2.44. The SMILES string of the molecule is CCOc1cc(-c2ccco2)ccc1C#N. The first-order valence-corrected chi connectivity index (χ1v) is 5.06. The Labute approximate surface area is 93.9 Å². The second-order valence-corrected chi connectivity index (χ2v) is 3.23. The van der Waals surface area contributed by atoms with Crippen molar-refractivity contribution >= 4 is 0 Å². The molecule has 0 atom stereocenters. The van der Waals surface area contributed by atoms with E-state index >= 15 is 0 Å². The second-order valence-electron chi connectivity index (χ2n) is 3.23. The molecule has 3 heteroatoms. The first kappa shape index (κ1) is 10.3. The first-order valence-electron chi connectivity index (χ1n) is 5.06. The third-order valence-electron chi connectivity index (χ3n) is 2.21. The van der Waals surface area contributed by atoms with Gasteiger partial charge in [0.25, 0.3) is 0 Å². The van der Waals surface area contributed by atoms with Crippen LogP contribution in [0.25, 0.3) is 11.3 Å². The maximum absolute atomic E-state index is 8.91. The lowest BCUT2D eigenvalue weighted by molar-refractivity contribution is 0.339.